The van der Waals surface area contributed by atoms with Crippen molar-refractivity contribution < 1.29 is 9.59 Å². The van der Waals surface area contributed by atoms with Gasteiger partial charge in [-0.25, -0.2) is 0 Å². The third-order valence-corrected chi connectivity index (χ3v) is 5.72. The van der Waals surface area contributed by atoms with Crippen LogP contribution in [0.4, 0.5) is 0 Å². The Labute approximate surface area is 172 Å². The first-order valence-corrected chi connectivity index (χ1v) is 11.0. The SMILES string of the molecule is CC[C@@H](C(=O)NC)N(CCc1ccccc1)C(=O)CCSCc1ccccc1. The zero-order chi connectivity index (χ0) is 20.2. The lowest BCUT2D eigenvalue weighted by atomic mass is 10.1. The van der Waals surface area contributed by atoms with E-state index >= 15 is 0 Å². The zero-order valence-corrected chi connectivity index (χ0v) is 17.6. The molecule has 2 rings (SSSR count). The van der Waals surface area contributed by atoms with Crippen LogP contribution in [0.3, 0.4) is 0 Å². The highest BCUT2D eigenvalue weighted by Gasteiger charge is 2.27. The van der Waals surface area contributed by atoms with E-state index < -0.39 is 6.04 Å². The van der Waals surface area contributed by atoms with Crippen LogP contribution < -0.4 is 5.32 Å². The summed E-state index contributed by atoms with van der Waals surface area (Å²) in [6.45, 7) is 2.50. The van der Waals surface area contributed by atoms with Gasteiger partial charge < -0.3 is 10.2 Å². The van der Waals surface area contributed by atoms with Crippen LogP contribution in [0.1, 0.15) is 30.9 Å². The van der Waals surface area contributed by atoms with Crippen molar-refractivity contribution in [3.8, 4) is 0 Å². The standard InChI is InChI=1S/C23H30N2O2S/c1-3-21(23(27)24-2)25(16-14-19-10-6-4-7-11-19)22(26)15-17-28-18-20-12-8-5-9-13-20/h4-13,21H,3,14-18H2,1-2H3,(H,24,27)/t21-/m0/s1. The molecule has 28 heavy (non-hydrogen) atoms. The van der Waals surface area contributed by atoms with E-state index in [0.717, 1.165) is 17.9 Å². The Kier molecular flexibility index (Phi) is 9.63. The molecule has 150 valence electrons. The fraction of sp³-hybridized carbons (Fsp3) is 0.391. The minimum atomic E-state index is -0.416. The molecular formula is C23H30N2O2S. The van der Waals surface area contributed by atoms with E-state index in [9.17, 15) is 9.59 Å². The molecule has 0 unspecified atom stereocenters. The Hall–Kier alpha value is -2.27. The van der Waals surface area contributed by atoms with Crippen molar-refractivity contribution in [3.63, 3.8) is 0 Å². The van der Waals surface area contributed by atoms with Crippen LogP contribution in [0.2, 0.25) is 0 Å². The first kappa shape index (κ1) is 22.0. The summed E-state index contributed by atoms with van der Waals surface area (Å²) >= 11 is 1.75. The van der Waals surface area contributed by atoms with Gasteiger partial charge in [-0.3, -0.25) is 9.59 Å². The van der Waals surface area contributed by atoms with Crippen LogP contribution in [-0.4, -0.2) is 42.1 Å². The molecule has 2 aromatic rings. The maximum Gasteiger partial charge on any atom is 0.242 e. The summed E-state index contributed by atoms with van der Waals surface area (Å²) < 4.78 is 0. The Morgan fingerprint density at radius 1 is 1.00 bits per heavy atom. The lowest BCUT2D eigenvalue weighted by Gasteiger charge is -2.30. The van der Waals surface area contributed by atoms with Crippen LogP contribution in [0.15, 0.2) is 60.7 Å². The molecule has 0 aliphatic rings. The van der Waals surface area contributed by atoms with Gasteiger partial charge in [0, 0.05) is 31.5 Å². The molecule has 0 saturated carbocycles. The fourth-order valence-corrected chi connectivity index (χ4v) is 4.02. The van der Waals surface area contributed by atoms with Gasteiger partial charge in [-0.05, 0) is 24.0 Å². The normalized spacial score (nSPS) is 11.6. The first-order valence-electron chi connectivity index (χ1n) is 9.82. The van der Waals surface area contributed by atoms with Crippen LogP contribution in [0, 0.1) is 0 Å². The molecule has 0 bridgehead atoms. The van der Waals surface area contributed by atoms with Crippen molar-refractivity contribution in [2.24, 2.45) is 0 Å². The first-order chi connectivity index (χ1) is 13.7. The summed E-state index contributed by atoms with van der Waals surface area (Å²) in [5.74, 6) is 1.60. The van der Waals surface area contributed by atoms with Gasteiger partial charge in [0.15, 0.2) is 0 Å². The smallest absolute Gasteiger partial charge is 0.242 e. The Bertz CT molecular complexity index is 722. The van der Waals surface area contributed by atoms with Crippen molar-refractivity contribution in [1.29, 1.82) is 0 Å². The van der Waals surface area contributed by atoms with E-state index in [1.165, 1.54) is 11.1 Å². The number of hydrogen-bond donors (Lipinski definition) is 1. The molecule has 0 radical (unpaired) electrons. The molecule has 0 fully saturated rings. The fourth-order valence-electron chi connectivity index (χ4n) is 3.13. The van der Waals surface area contributed by atoms with E-state index in [0.29, 0.717) is 19.4 Å². The van der Waals surface area contributed by atoms with Crippen molar-refractivity contribution in [1.82, 2.24) is 10.2 Å². The number of likely N-dealkylation sites (N-methyl/N-ethyl adjacent to an activating group) is 1. The van der Waals surface area contributed by atoms with Gasteiger partial charge in [-0.15, -0.1) is 0 Å². The van der Waals surface area contributed by atoms with Crippen LogP contribution in [-0.2, 0) is 21.8 Å². The number of rotatable bonds is 11. The molecule has 0 saturated heterocycles. The maximum absolute atomic E-state index is 12.9. The third kappa shape index (κ3) is 7.04. The number of amides is 2. The van der Waals surface area contributed by atoms with Crippen LogP contribution >= 0.6 is 11.8 Å². The second-order valence-electron chi connectivity index (χ2n) is 6.65. The van der Waals surface area contributed by atoms with Crippen molar-refractivity contribution in [2.75, 3.05) is 19.3 Å². The summed E-state index contributed by atoms with van der Waals surface area (Å²) in [7, 11) is 1.63. The van der Waals surface area contributed by atoms with Gasteiger partial charge in [0.25, 0.3) is 0 Å². The predicted molar refractivity (Wildman–Crippen MR) is 117 cm³/mol. The largest absolute Gasteiger partial charge is 0.357 e. The molecule has 1 atom stereocenters. The Morgan fingerprint density at radius 2 is 1.61 bits per heavy atom. The van der Waals surface area contributed by atoms with Crippen molar-refractivity contribution in [3.05, 3.63) is 71.8 Å². The molecule has 0 heterocycles. The van der Waals surface area contributed by atoms with Crippen LogP contribution in [0.5, 0.6) is 0 Å². The van der Waals surface area contributed by atoms with E-state index in [1.807, 2.05) is 43.3 Å². The Morgan fingerprint density at radius 3 is 2.18 bits per heavy atom. The van der Waals surface area contributed by atoms with Gasteiger partial charge >= 0.3 is 0 Å². The van der Waals surface area contributed by atoms with Gasteiger partial charge in [0.2, 0.25) is 11.8 Å². The summed E-state index contributed by atoms with van der Waals surface area (Å²) in [5.41, 5.74) is 2.43. The molecule has 2 amide bonds. The minimum absolute atomic E-state index is 0.0481. The summed E-state index contributed by atoms with van der Waals surface area (Å²) in [4.78, 5) is 27.0. The summed E-state index contributed by atoms with van der Waals surface area (Å²) in [6.07, 6.45) is 1.80. The molecule has 0 aliphatic carbocycles. The molecule has 2 aromatic carbocycles. The molecule has 0 aliphatic heterocycles. The van der Waals surface area contributed by atoms with Crippen molar-refractivity contribution >= 4 is 23.6 Å². The highest BCUT2D eigenvalue weighted by Crippen LogP contribution is 2.15. The van der Waals surface area contributed by atoms with E-state index in [4.69, 9.17) is 0 Å². The van der Waals surface area contributed by atoms with E-state index in [-0.39, 0.29) is 11.8 Å². The predicted octanol–water partition coefficient (Wildman–Crippen LogP) is 3.91. The number of nitrogens with one attached hydrogen (secondary N) is 1. The average molecular weight is 399 g/mol. The summed E-state index contributed by atoms with van der Waals surface area (Å²) in [5, 5.41) is 2.70. The highest BCUT2D eigenvalue weighted by atomic mass is 32.2. The van der Waals surface area contributed by atoms with E-state index in [1.54, 1.807) is 23.7 Å². The number of thioether (sulfide) groups is 1. The zero-order valence-electron chi connectivity index (χ0n) is 16.8. The average Bonchev–Trinajstić information content (AvgIpc) is 2.75. The number of nitrogens with zero attached hydrogens (tertiary/aromatic N) is 1. The van der Waals surface area contributed by atoms with Crippen LogP contribution in [0.25, 0.3) is 0 Å². The molecule has 4 nitrogen and oxygen atoms in total. The lowest BCUT2D eigenvalue weighted by molar-refractivity contribution is -0.140. The molecular weight excluding hydrogens is 368 g/mol. The molecule has 1 N–H and O–H groups in total. The number of hydrogen-bond acceptors (Lipinski definition) is 3. The monoisotopic (exact) mass is 398 g/mol. The highest BCUT2D eigenvalue weighted by molar-refractivity contribution is 7.98. The maximum atomic E-state index is 12.9. The van der Waals surface area contributed by atoms with Gasteiger partial charge in [0.05, 0.1) is 0 Å². The number of benzene rings is 2. The number of carbonyl (C=O) groups excluding carboxylic acids is 2. The van der Waals surface area contributed by atoms with Gasteiger partial charge in [-0.1, -0.05) is 67.6 Å². The Balaban J connectivity index is 1.93. The van der Waals surface area contributed by atoms with Gasteiger partial charge in [0.1, 0.15) is 6.04 Å². The minimum Gasteiger partial charge on any atom is -0.357 e. The molecule has 0 spiro atoms. The lowest BCUT2D eigenvalue weighted by Crippen LogP contribution is -2.49. The second-order valence-corrected chi connectivity index (χ2v) is 7.75. The topological polar surface area (TPSA) is 49.4 Å². The second kappa shape index (κ2) is 12.2. The quantitative estimate of drug-likeness (QED) is 0.584. The number of carbonyl (C=O) groups is 2. The van der Waals surface area contributed by atoms with Gasteiger partial charge in [-0.2, -0.15) is 11.8 Å². The molecule has 5 heteroatoms. The third-order valence-electron chi connectivity index (χ3n) is 4.69. The van der Waals surface area contributed by atoms with Crippen molar-refractivity contribution in [2.45, 2.75) is 38.0 Å². The summed E-state index contributed by atoms with van der Waals surface area (Å²) in [6, 6.07) is 19.9. The van der Waals surface area contributed by atoms with E-state index in [2.05, 4.69) is 29.6 Å². The molecule has 0 aromatic heterocycles.